The van der Waals surface area contributed by atoms with Gasteiger partial charge in [0.2, 0.25) is 0 Å². The summed E-state index contributed by atoms with van der Waals surface area (Å²) < 4.78 is 32.3. The molecular formula is C12H21N3O3S2. The third-order valence-electron chi connectivity index (χ3n) is 3.33. The SMILES string of the molecule is Cc1ncc(S(=O)(=O)NCCOC2CCC(N)CC2)s1. The number of aryl methyl sites for hydroxylation is 1. The van der Waals surface area contributed by atoms with Crippen molar-refractivity contribution in [2.24, 2.45) is 5.73 Å². The van der Waals surface area contributed by atoms with Crippen LogP contribution in [0.5, 0.6) is 0 Å². The Balaban J connectivity index is 1.70. The van der Waals surface area contributed by atoms with E-state index >= 15 is 0 Å². The van der Waals surface area contributed by atoms with Gasteiger partial charge in [0.1, 0.15) is 0 Å². The molecule has 0 radical (unpaired) electrons. The number of nitrogens with one attached hydrogen (secondary N) is 1. The number of ether oxygens (including phenoxy) is 1. The van der Waals surface area contributed by atoms with Crippen LogP contribution in [-0.2, 0) is 14.8 Å². The van der Waals surface area contributed by atoms with Crippen LogP contribution in [0.4, 0.5) is 0 Å². The first-order valence-corrected chi connectivity index (χ1v) is 9.06. The zero-order valence-corrected chi connectivity index (χ0v) is 13.2. The molecule has 0 bridgehead atoms. The molecule has 0 aromatic carbocycles. The largest absolute Gasteiger partial charge is 0.377 e. The number of thiazole rings is 1. The average molecular weight is 319 g/mol. The molecule has 1 aliphatic carbocycles. The molecule has 0 amide bonds. The van der Waals surface area contributed by atoms with Crippen LogP contribution in [-0.4, -0.2) is 38.7 Å². The second kappa shape index (κ2) is 6.95. The first-order valence-electron chi connectivity index (χ1n) is 6.76. The zero-order valence-electron chi connectivity index (χ0n) is 11.5. The fourth-order valence-corrected chi connectivity index (χ4v) is 4.36. The van der Waals surface area contributed by atoms with Gasteiger partial charge in [0, 0.05) is 12.6 Å². The fraction of sp³-hybridized carbons (Fsp3) is 0.750. The molecule has 1 fully saturated rings. The summed E-state index contributed by atoms with van der Waals surface area (Å²) in [6, 6.07) is 0.294. The molecule has 1 aliphatic rings. The lowest BCUT2D eigenvalue weighted by Crippen LogP contribution is -2.32. The number of hydrogen-bond acceptors (Lipinski definition) is 6. The highest BCUT2D eigenvalue weighted by Crippen LogP contribution is 2.20. The number of hydrogen-bond donors (Lipinski definition) is 2. The summed E-state index contributed by atoms with van der Waals surface area (Å²) in [4.78, 5) is 3.95. The Bertz CT molecular complexity index is 522. The van der Waals surface area contributed by atoms with E-state index in [1.807, 2.05) is 0 Å². The first kappa shape index (κ1) is 15.8. The highest BCUT2D eigenvalue weighted by atomic mass is 32.2. The summed E-state index contributed by atoms with van der Waals surface area (Å²) in [5.41, 5.74) is 5.82. The molecule has 2 rings (SSSR count). The number of nitrogens with zero attached hydrogens (tertiary/aromatic N) is 1. The molecule has 1 saturated carbocycles. The molecule has 0 saturated heterocycles. The fourth-order valence-electron chi connectivity index (χ4n) is 2.19. The minimum Gasteiger partial charge on any atom is -0.377 e. The Morgan fingerprint density at radius 2 is 2.15 bits per heavy atom. The second-order valence-electron chi connectivity index (χ2n) is 5.00. The van der Waals surface area contributed by atoms with Crippen molar-refractivity contribution in [2.45, 2.75) is 49.0 Å². The molecule has 8 heteroatoms. The van der Waals surface area contributed by atoms with E-state index in [0.29, 0.717) is 12.6 Å². The van der Waals surface area contributed by atoms with Gasteiger partial charge in [-0.15, -0.1) is 11.3 Å². The lowest BCUT2D eigenvalue weighted by molar-refractivity contribution is 0.0287. The van der Waals surface area contributed by atoms with Crippen LogP contribution >= 0.6 is 11.3 Å². The number of sulfonamides is 1. The summed E-state index contributed by atoms with van der Waals surface area (Å²) in [5, 5.41) is 0.736. The van der Waals surface area contributed by atoms with Crippen molar-refractivity contribution in [3.05, 3.63) is 11.2 Å². The summed E-state index contributed by atoms with van der Waals surface area (Å²) in [6.45, 7) is 2.44. The number of aromatic nitrogens is 1. The third kappa shape index (κ3) is 4.49. The molecule has 3 N–H and O–H groups in total. The minimum absolute atomic E-state index is 0.213. The summed E-state index contributed by atoms with van der Waals surface area (Å²) >= 11 is 1.16. The highest BCUT2D eigenvalue weighted by molar-refractivity contribution is 7.91. The maximum atomic E-state index is 11.9. The van der Waals surface area contributed by atoms with Crippen LogP contribution in [0.1, 0.15) is 30.7 Å². The molecule has 0 spiro atoms. The van der Waals surface area contributed by atoms with Crippen LogP contribution in [0, 0.1) is 6.92 Å². The van der Waals surface area contributed by atoms with Crippen molar-refractivity contribution >= 4 is 21.4 Å². The van der Waals surface area contributed by atoms with E-state index in [1.54, 1.807) is 6.92 Å². The van der Waals surface area contributed by atoms with Crippen LogP contribution in [0.2, 0.25) is 0 Å². The van der Waals surface area contributed by atoms with E-state index in [4.69, 9.17) is 10.5 Å². The van der Waals surface area contributed by atoms with Crippen molar-refractivity contribution < 1.29 is 13.2 Å². The molecule has 1 aromatic heterocycles. The molecular weight excluding hydrogens is 298 g/mol. The van der Waals surface area contributed by atoms with Crippen LogP contribution < -0.4 is 10.5 Å². The number of rotatable bonds is 6. The van der Waals surface area contributed by atoms with Crippen molar-refractivity contribution in [3.63, 3.8) is 0 Å². The van der Waals surface area contributed by atoms with E-state index in [1.165, 1.54) is 6.20 Å². The van der Waals surface area contributed by atoms with Gasteiger partial charge in [0.05, 0.1) is 23.9 Å². The molecule has 114 valence electrons. The van der Waals surface area contributed by atoms with Gasteiger partial charge in [-0.1, -0.05) is 0 Å². The predicted molar refractivity (Wildman–Crippen MR) is 78.2 cm³/mol. The summed E-state index contributed by atoms with van der Waals surface area (Å²) in [7, 11) is -3.45. The maximum Gasteiger partial charge on any atom is 0.251 e. The Morgan fingerprint density at radius 1 is 1.45 bits per heavy atom. The summed E-state index contributed by atoms with van der Waals surface area (Å²) in [5.74, 6) is 0. The Kier molecular flexibility index (Phi) is 5.50. The smallest absolute Gasteiger partial charge is 0.251 e. The van der Waals surface area contributed by atoms with Crippen LogP contribution in [0.25, 0.3) is 0 Å². The molecule has 1 aromatic rings. The maximum absolute atomic E-state index is 11.9. The van der Waals surface area contributed by atoms with E-state index < -0.39 is 10.0 Å². The second-order valence-corrected chi connectivity index (χ2v) is 8.23. The molecule has 0 aliphatic heterocycles. The number of nitrogens with two attached hydrogens (primary N) is 1. The van der Waals surface area contributed by atoms with Crippen molar-refractivity contribution in [1.82, 2.24) is 9.71 Å². The van der Waals surface area contributed by atoms with E-state index in [9.17, 15) is 8.42 Å². The first-order chi connectivity index (χ1) is 9.47. The average Bonchev–Trinajstić information content (AvgIpc) is 2.84. The van der Waals surface area contributed by atoms with Gasteiger partial charge in [-0.3, -0.25) is 0 Å². The monoisotopic (exact) mass is 319 g/mol. The van der Waals surface area contributed by atoms with Gasteiger partial charge in [-0.25, -0.2) is 18.1 Å². The molecule has 6 nitrogen and oxygen atoms in total. The Labute approximate surface area is 123 Å². The lowest BCUT2D eigenvalue weighted by Gasteiger charge is -2.26. The Morgan fingerprint density at radius 3 is 2.75 bits per heavy atom. The van der Waals surface area contributed by atoms with E-state index in [0.717, 1.165) is 42.0 Å². The normalized spacial score (nSPS) is 23.9. The summed E-state index contributed by atoms with van der Waals surface area (Å²) in [6.07, 6.45) is 5.48. The Hall–Kier alpha value is -0.540. The van der Waals surface area contributed by atoms with Gasteiger partial charge in [-0.05, 0) is 32.6 Å². The molecule has 0 atom stereocenters. The highest BCUT2D eigenvalue weighted by Gasteiger charge is 2.20. The topological polar surface area (TPSA) is 94.3 Å². The molecule has 20 heavy (non-hydrogen) atoms. The van der Waals surface area contributed by atoms with Gasteiger partial charge in [0.25, 0.3) is 10.0 Å². The molecule has 1 heterocycles. The van der Waals surface area contributed by atoms with E-state index in [2.05, 4.69) is 9.71 Å². The lowest BCUT2D eigenvalue weighted by atomic mass is 9.94. The van der Waals surface area contributed by atoms with Gasteiger partial charge < -0.3 is 10.5 Å². The van der Waals surface area contributed by atoms with Crippen molar-refractivity contribution in [1.29, 1.82) is 0 Å². The standard InChI is InChI=1S/C12H21N3O3S2/c1-9-14-8-12(19-9)20(16,17)15-6-7-18-11-4-2-10(13)3-5-11/h8,10-11,15H,2-7,13H2,1H3. The predicted octanol–water partition coefficient (Wildman–Crippen LogP) is 1.02. The molecule has 0 unspecified atom stereocenters. The van der Waals surface area contributed by atoms with Gasteiger partial charge in [0.15, 0.2) is 4.21 Å². The quantitative estimate of drug-likeness (QED) is 0.763. The third-order valence-corrected chi connectivity index (χ3v) is 6.17. The van der Waals surface area contributed by atoms with Crippen LogP contribution in [0.15, 0.2) is 10.4 Å². The van der Waals surface area contributed by atoms with Crippen molar-refractivity contribution in [3.8, 4) is 0 Å². The van der Waals surface area contributed by atoms with Gasteiger partial charge in [-0.2, -0.15) is 0 Å². The minimum atomic E-state index is -3.45. The van der Waals surface area contributed by atoms with Gasteiger partial charge >= 0.3 is 0 Å². The zero-order chi connectivity index (χ0) is 14.6. The van der Waals surface area contributed by atoms with Crippen molar-refractivity contribution in [2.75, 3.05) is 13.2 Å². The van der Waals surface area contributed by atoms with E-state index in [-0.39, 0.29) is 16.9 Å². The van der Waals surface area contributed by atoms with Crippen LogP contribution in [0.3, 0.4) is 0 Å².